The van der Waals surface area contributed by atoms with Crippen molar-refractivity contribution in [2.45, 2.75) is 42.4 Å². The Bertz CT molecular complexity index is 1320. The molecule has 0 amide bonds. The quantitative estimate of drug-likeness (QED) is 0.440. The number of aromatic nitrogens is 2. The van der Waals surface area contributed by atoms with Gasteiger partial charge in [0.15, 0.2) is 5.13 Å². The molecule has 1 unspecified atom stereocenters. The van der Waals surface area contributed by atoms with E-state index in [1.807, 2.05) is 4.90 Å². The predicted molar refractivity (Wildman–Crippen MR) is 125 cm³/mol. The third-order valence-corrected chi connectivity index (χ3v) is 8.79. The highest BCUT2D eigenvalue weighted by atomic mass is 32.2. The first kappa shape index (κ1) is 24.9. The summed E-state index contributed by atoms with van der Waals surface area (Å²) in [7, 11) is -4.27. The lowest BCUT2D eigenvalue weighted by atomic mass is 9.84. The zero-order chi connectivity index (χ0) is 25.5. The van der Waals surface area contributed by atoms with Gasteiger partial charge in [-0.05, 0) is 43.1 Å². The molecule has 0 bridgehead atoms. The van der Waals surface area contributed by atoms with Crippen molar-refractivity contribution in [2.24, 2.45) is 5.92 Å². The van der Waals surface area contributed by atoms with Gasteiger partial charge in [0.05, 0.1) is 12.5 Å². The average molecular weight is 543 g/mol. The lowest BCUT2D eigenvalue weighted by Gasteiger charge is -2.46. The summed E-state index contributed by atoms with van der Waals surface area (Å²) >= 11 is 1.05. The lowest BCUT2D eigenvalue weighted by Crippen LogP contribution is -2.44. The van der Waals surface area contributed by atoms with Crippen molar-refractivity contribution in [3.05, 3.63) is 65.2 Å². The second kappa shape index (κ2) is 9.60. The minimum Gasteiger partial charge on any atom is -0.493 e. The summed E-state index contributed by atoms with van der Waals surface area (Å²) in [6.45, 7) is 0.361. The minimum absolute atomic E-state index is 0.0789. The van der Waals surface area contributed by atoms with E-state index in [-0.39, 0.29) is 36.9 Å². The first-order valence-electron chi connectivity index (χ1n) is 11.2. The number of ether oxygens (including phenoxy) is 1. The van der Waals surface area contributed by atoms with Crippen LogP contribution in [0.5, 0.6) is 5.75 Å². The molecule has 0 radical (unpaired) electrons. The highest BCUT2D eigenvalue weighted by molar-refractivity contribution is 7.93. The number of piperidine rings is 1. The Morgan fingerprint density at radius 3 is 2.58 bits per heavy atom. The Hall–Kier alpha value is -2.77. The van der Waals surface area contributed by atoms with E-state index in [1.165, 1.54) is 18.6 Å². The fourth-order valence-corrected chi connectivity index (χ4v) is 6.80. The number of benzene rings is 1. The molecule has 2 aromatic heterocycles. The lowest BCUT2D eigenvalue weighted by molar-refractivity contribution is -0.192. The van der Waals surface area contributed by atoms with Crippen LogP contribution >= 0.6 is 11.3 Å². The van der Waals surface area contributed by atoms with Gasteiger partial charge in [-0.15, -0.1) is 11.3 Å². The van der Waals surface area contributed by atoms with Crippen LogP contribution in [0.2, 0.25) is 0 Å². The van der Waals surface area contributed by atoms with E-state index in [0.717, 1.165) is 23.5 Å². The number of rotatable bonds is 5. The molecule has 2 aliphatic rings. The molecule has 5 rings (SSSR count). The Morgan fingerprint density at radius 1 is 1.11 bits per heavy atom. The molecular weight excluding hydrogens is 520 g/mol. The first-order chi connectivity index (χ1) is 17.1. The van der Waals surface area contributed by atoms with Crippen LogP contribution in [0.25, 0.3) is 0 Å². The van der Waals surface area contributed by atoms with Crippen molar-refractivity contribution >= 4 is 26.5 Å². The Kier molecular flexibility index (Phi) is 6.64. The van der Waals surface area contributed by atoms with Crippen LogP contribution in [0.1, 0.15) is 42.5 Å². The largest absolute Gasteiger partial charge is 0.493 e. The topological polar surface area (TPSA) is 84.4 Å². The maximum atomic E-state index is 15.2. The fraction of sp³-hybridized carbons (Fsp3) is 0.391. The second-order valence-corrected chi connectivity index (χ2v) is 11.3. The average Bonchev–Trinajstić information content (AvgIpc) is 3.35. The van der Waals surface area contributed by atoms with Crippen molar-refractivity contribution in [1.29, 1.82) is 0 Å². The highest BCUT2D eigenvalue weighted by Crippen LogP contribution is 2.48. The van der Waals surface area contributed by atoms with Crippen molar-refractivity contribution in [2.75, 3.05) is 17.9 Å². The molecule has 1 fully saturated rings. The maximum absolute atomic E-state index is 15.2. The highest BCUT2D eigenvalue weighted by Gasteiger charge is 2.46. The van der Waals surface area contributed by atoms with E-state index >= 15 is 4.39 Å². The van der Waals surface area contributed by atoms with Gasteiger partial charge in [-0.3, -0.25) is 14.6 Å². The van der Waals surface area contributed by atoms with E-state index in [9.17, 15) is 21.6 Å². The van der Waals surface area contributed by atoms with E-state index in [0.29, 0.717) is 17.5 Å². The Morgan fingerprint density at radius 2 is 1.89 bits per heavy atom. The molecular formula is C23H22F4N4O3S2. The predicted octanol–water partition coefficient (Wildman–Crippen LogP) is 5.32. The number of pyridine rings is 1. The van der Waals surface area contributed by atoms with Gasteiger partial charge in [0, 0.05) is 54.1 Å². The molecule has 4 heterocycles. The summed E-state index contributed by atoms with van der Waals surface area (Å²) in [5.41, 5.74) is 1.11. The summed E-state index contributed by atoms with van der Waals surface area (Å²) in [6, 6.07) is 4.63. The van der Waals surface area contributed by atoms with Gasteiger partial charge in [-0.2, -0.15) is 13.2 Å². The molecule has 1 aromatic carbocycles. The number of nitrogens with one attached hydrogen (secondary N) is 1. The number of thiazole rings is 1. The summed E-state index contributed by atoms with van der Waals surface area (Å²) in [4.78, 5) is 9.20. The zero-order valence-corrected chi connectivity index (χ0v) is 20.4. The number of sulfonamides is 1. The van der Waals surface area contributed by atoms with Crippen molar-refractivity contribution in [1.82, 2.24) is 14.9 Å². The van der Waals surface area contributed by atoms with Crippen LogP contribution in [-0.4, -0.2) is 42.6 Å². The Balaban J connectivity index is 1.49. The third-order valence-electron chi connectivity index (χ3n) is 6.61. The fourth-order valence-electron chi connectivity index (χ4n) is 4.93. The number of halogens is 4. The van der Waals surface area contributed by atoms with Gasteiger partial charge in [0.2, 0.25) is 0 Å². The van der Waals surface area contributed by atoms with Crippen LogP contribution in [0.15, 0.2) is 53.1 Å². The molecule has 13 heteroatoms. The van der Waals surface area contributed by atoms with Crippen LogP contribution in [0.4, 0.5) is 22.7 Å². The van der Waals surface area contributed by atoms with Crippen LogP contribution < -0.4 is 9.46 Å². The normalized spacial score (nSPS) is 23.1. The van der Waals surface area contributed by atoms with Gasteiger partial charge in [0.25, 0.3) is 10.0 Å². The molecule has 3 aromatic rings. The Labute approximate surface area is 209 Å². The summed E-state index contributed by atoms with van der Waals surface area (Å²) in [5, 5.41) is 1.68. The van der Waals surface area contributed by atoms with Crippen molar-refractivity contribution < 1.29 is 30.7 Å². The van der Waals surface area contributed by atoms with E-state index in [1.54, 1.807) is 17.5 Å². The summed E-state index contributed by atoms with van der Waals surface area (Å²) in [6.07, 6.45) is 0.390. The molecule has 2 aliphatic heterocycles. The number of likely N-dealkylation sites (tertiary alicyclic amines) is 1. The molecule has 0 aliphatic carbocycles. The third kappa shape index (κ3) is 4.91. The van der Waals surface area contributed by atoms with Crippen LogP contribution in [-0.2, 0) is 10.0 Å². The molecule has 7 nitrogen and oxygen atoms in total. The van der Waals surface area contributed by atoms with Crippen molar-refractivity contribution in [3.8, 4) is 5.75 Å². The van der Waals surface area contributed by atoms with Gasteiger partial charge >= 0.3 is 6.18 Å². The molecule has 36 heavy (non-hydrogen) atoms. The smallest absolute Gasteiger partial charge is 0.391 e. The molecule has 192 valence electrons. The van der Waals surface area contributed by atoms with Crippen LogP contribution in [0.3, 0.4) is 0 Å². The number of fused-ring (bicyclic) bond motifs is 1. The summed E-state index contributed by atoms with van der Waals surface area (Å²) < 4.78 is 89.6. The molecule has 1 saturated heterocycles. The molecule has 3 atom stereocenters. The maximum Gasteiger partial charge on any atom is 0.391 e. The molecule has 0 spiro atoms. The number of anilines is 1. The van der Waals surface area contributed by atoms with E-state index in [4.69, 9.17) is 4.74 Å². The SMILES string of the molecule is O=S(=O)(Nc1nccs1)c1cc2c(cc1F)[C@@H](N1CCC(C(F)(F)F)C[C@H]1c1ccncc1)CCO2. The number of nitrogens with zero attached hydrogens (tertiary/aromatic N) is 3. The number of hydrogen-bond acceptors (Lipinski definition) is 7. The monoisotopic (exact) mass is 542 g/mol. The molecule has 1 N–H and O–H groups in total. The van der Waals surface area contributed by atoms with E-state index < -0.39 is 44.9 Å². The van der Waals surface area contributed by atoms with Crippen LogP contribution in [0, 0.1) is 11.7 Å². The van der Waals surface area contributed by atoms with Gasteiger partial charge in [-0.25, -0.2) is 17.8 Å². The van der Waals surface area contributed by atoms with Crippen molar-refractivity contribution in [3.63, 3.8) is 0 Å². The van der Waals surface area contributed by atoms with Gasteiger partial charge in [-0.1, -0.05) is 0 Å². The zero-order valence-electron chi connectivity index (χ0n) is 18.8. The number of hydrogen-bond donors (Lipinski definition) is 1. The number of alkyl halides is 3. The van der Waals surface area contributed by atoms with E-state index in [2.05, 4.69) is 14.7 Å². The molecule has 0 saturated carbocycles. The second-order valence-electron chi connectivity index (χ2n) is 8.71. The standard InChI is InChI=1S/C23H22F4N4O3S2/c24-17-12-16-18(4-9-34-20(16)13-21(17)36(32,33)30-22-29-7-10-35-22)31-8-3-15(23(25,26)27)11-19(31)14-1-5-28-6-2-14/h1-2,5-7,10,12-13,15,18-19H,3-4,8-9,11H2,(H,29,30)/t15?,18-,19-/m0/s1. The van der Waals surface area contributed by atoms with Gasteiger partial charge < -0.3 is 4.74 Å². The summed E-state index contributed by atoms with van der Waals surface area (Å²) in [5.74, 6) is -2.23. The minimum atomic E-state index is -4.31. The first-order valence-corrected chi connectivity index (χ1v) is 13.6. The van der Waals surface area contributed by atoms with Gasteiger partial charge in [0.1, 0.15) is 16.5 Å².